The third-order valence-electron chi connectivity index (χ3n) is 5.01. The minimum absolute atomic E-state index is 0.0225. The number of hydrogen-bond donors (Lipinski definition) is 2. The Kier molecular flexibility index (Phi) is 5.73. The van der Waals surface area contributed by atoms with Gasteiger partial charge in [-0.05, 0) is 31.2 Å². The number of anilines is 1. The summed E-state index contributed by atoms with van der Waals surface area (Å²) in [4.78, 5) is 22.6. The Morgan fingerprint density at radius 1 is 1.06 bits per heavy atom. The number of carbonyl (C=O) groups is 1. The molecule has 0 saturated carbocycles. The summed E-state index contributed by atoms with van der Waals surface area (Å²) in [7, 11) is 3.19. The maximum atomic E-state index is 11.8. The molecule has 0 saturated heterocycles. The molecule has 0 aliphatic heterocycles. The van der Waals surface area contributed by atoms with E-state index in [2.05, 4.69) is 22.2 Å². The number of methoxy groups -OCH3 is 2. The van der Waals surface area contributed by atoms with Crippen molar-refractivity contribution >= 4 is 34.0 Å². The van der Waals surface area contributed by atoms with E-state index in [0.717, 1.165) is 26.2 Å². The van der Waals surface area contributed by atoms with Crippen molar-refractivity contribution in [3.05, 3.63) is 65.3 Å². The van der Waals surface area contributed by atoms with Crippen LogP contribution in [0.3, 0.4) is 0 Å². The van der Waals surface area contributed by atoms with Crippen molar-refractivity contribution in [1.82, 2.24) is 9.97 Å². The summed E-state index contributed by atoms with van der Waals surface area (Å²) in [5.41, 5.74) is 7.64. The van der Waals surface area contributed by atoms with Crippen LogP contribution in [0.15, 0.2) is 54.9 Å². The number of thiophene rings is 1. The minimum Gasteiger partial charge on any atom is -0.493 e. The largest absolute Gasteiger partial charge is 0.493 e. The first-order valence-electron chi connectivity index (χ1n) is 9.64. The number of nitrogens with two attached hydrogens (primary N) is 1. The fourth-order valence-corrected chi connectivity index (χ4v) is 4.47. The monoisotopic (exact) mass is 434 g/mol. The number of primary amides is 1. The minimum atomic E-state index is -0.437. The Hall–Kier alpha value is -3.65. The van der Waals surface area contributed by atoms with Gasteiger partial charge in [0.25, 0.3) is 0 Å². The van der Waals surface area contributed by atoms with Crippen LogP contribution in [-0.4, -0.2) is 30.1 Å². The molecule has 0 fully saturated rings. The van der Waals surface area contributed by atoms with E-state index in [1.807, 2.05) is 42.5 Å². The topological polar surface area (TPSA) is 99.4 Å². The highest BCUT2D eigenvalue weighted by Gasteiger charge is 2.16. The molecule has 0 aliphatic carbocycles. The average molecular weight is 435 g/mol. The zero-order chi connectivity index (χ0) is 22.0. The third-order valence-corrected chi connectivity index (χ3v) is 6.31. The lowest BCUT2D eigenvalue weighted by Gasteiger charge is -2.16. The first-order valence-corrected chi connectivity index (χ1v) is 10.5. The number of nitrogens with one attached hydrogen (secondary N) is 1. The summed E-state index contributed by atoms with van der Waals surface area (Å²) >= 11 is 1.61. The number of aromatic nitrogens is 2. The molecule has 0 radical (unpaired) electrons. The molecule has 2 aromatic heterocycles. The molecule has 158 valence electrons. The van der Waals surface area contributed by atoms with Gasteiger partial charge in [0.05, 0.1) is 25.8 Å². The number of amides is 1. The Morgan fingerprint density at radius 2 is 1.81 bits per heavy atom. The van der Waals surface area contributed by atoms with Gasteiger partial charge in [0.2, 0.25) is 5.91 Å². The van der Waals surface area contributed by atoms with Crippen molar-refractivity contribution in [3.8, 4) is 21.9 Å². The average Bonchev–Trinajstić information content (AvgIpc) is 3.28. The number of nitrogens with zero attached hydrogens (tertiary/aromatic N) is 2. The molecule has 0 aliphatic rings. The number of ether oxygens (including phenoxy) is 2. The molecule has 2 heterocycles. The van der Waals surface area contributed by atoms with Gasteiger partial charge in [-0.1, -0.05) is 18.2 Å². The van der Waals surface area contributed by atoms with E-state index in [1.165, 1.54) is 6.33 Å². The standard InChI is InChI=1S/C23H22N4O3S/c1-13(20-8-9-21(31-20)14-6-4-5-7-15(14)22(24)28)27-23-16-10-18(29-2)19(30-3)11-17(16)25-12-26-23/h4-13H,1-3H3,(H2,24,28)(H,25,26,27). The number of benzene rings is 2. The van der Waals surface area contributed by atoms with Crippen LogP contribution in [0.5, 0.6) is 11.5 Å². The molecule has 1 unspecified atom stereocenters. The third kappa shape index (κ3) is 4.02. The summed E-state index contributed by atoms with van der Waals surface area (Å²) in [5.74, 6) is 1.49. The van der Waals surface area contributed by atoms with Crippen LogP contribution >= 0.6 is 11.3 Å². The SMILES string of the molecule is COc1cc2ncnc(NC(C)c3ccc(-c4ccccc4C(N)=O)s3)c2cc1OC. The van der Waals surface area contributed by atoms with Gasteiger partial charge >= 0.3 is 0 Å². The zero-order valence-corrected chi connectivity index (χ0v) is 18.2. The van der Waals surface area contributed by atoms with Crippen LogP contribution < -0.4 is 20.5 Å². The Balaban J connectivity index is 1.65. The molecule has 0 bridgehead atoms. The first kappa shape index (κ1) is 20.6. The lowest BCUT2D eigenvalue weighted by Crippen LogP contribution is -2.11. The predicted octanol–water partition coefficient (Wildman–Crippen LogP) is 4.65. The highest BCUT2D eigenvalue weighted by molar-refractivity contribution is 7.15. The van der Waals surface area contributed by atoms with Crippen LogP contribution in [0, 0.1) is 0 Å². The lowest BCUT2D eigenvalue weighted by atomic mass is 10.1. The maximum Gasteiger partial charge on any atom is 0.249 e. The first-order chi connectivity index (χ1) is 15.0. The lowest BCUT2D eigenvalue weighted by molar-refractivity contribution is 0.100. The predicted molar refractivity (Wildman–Crippen MR) is 123 cm³/mol. The molecule has 7 nitrogen and oxygen atoms in total. The molecular weight excluding hydrogens is 412 g/mol. The van der Waals surface area contributed by atoms with Crippen LogP contribution in [0.2, 0.25) is 0 Å². The van der Waals surface area contributed by atoms with E-state index in [4.69, 9.17) is 15.2 Å². The van der Waals surface area contributed by atoms with E-state index in [1.54, 1.807) is 31.6 Å². The quantitative estimate of drug-likeness (QED) is 0.439. The second-order valence-electron chi connectivity index (χ2n) is 6.92. The molecule has 8 heteroatoms. The summed E-state index contributed by atoms with van der Waals surface area (Å²) in [5, 5.41) is 4.30. The van der Waals surface area contributed by atoms with Gasteiger partial charge in [0.1, 0.15) is 12.1 Å². The molecular formula is C23H22N4O3S. The Labute approximate surface area is 183 Å². The van der Waals surface area contributed by atoms with Crippen molar-refractivity contribution in [1.29, 1.82) is 0 Å². The normalized spacial score (nSPS) is 11.8. The van der Waals surface area contributed by atoms with Gasteiger partial charge in [0, 0.05) is 32.3 Å². The summed E-state index contributed by atoms with van der Waals surface area (Å²) < 4.78 is 10.8. The highest BCUT2D eigenvalue weighted by Crippen LogP contribution is 2.37. The number of rotatable bonds is 7. The van der Waals surface area contributed by atoms with E-state index in [0.29, 0.717) is 22.9 Å². The molecule has 3 N–H and O–H groups in total. The Morgan fingerprint density at radius 3 is 2.55 bits per heavy atom. The van der Waals surface area contributed by atoms with Crippen LogP contribution in [0.4, 0.5) is 5.82 Å². The maximum absolute atomic E-state index is 11.8. The van der Waals surface area contributed by atoms with Gasteiger partial charge in [-0.3, -0.25) is 4.79 Å². The number of hydrogen-bond acceptors (Lipinski definition) is 7. The van der Waals surface area contributed by atoms with Gasteiger partial charge in [-0.25, -0.2) is 9.97 Å². The number of carbonyl (C=O) groups excluding carboxylic acids is 1. The second kappa shape index (κ2) is 8.61. The molecule has 4 aromatic rings. The summed E-state index contributed by atoms with van der Waals surface area (Å²) in [6.45, 7) is 2.06. The molecule has 0 spiro atoms. The van der Waals surface area contributed by atoms with Crippen LogP contribution in [-0.2, 0) is 0 Å². The van der Waals surface area contributed by atoms with Crippen LogP contribution in [0.25, 0.3) is 21.3 Å². The fourth-order valence-electron chi connectivity index (χ4n) is 3.42. The molecule has 2 aromatic carbocycles. The highest BCUT2D eigenvalue weighted by atomic mass is 32.1. The van der Waals surface area contributed by atoms with E-state index < -0.39 is 5.91 Å². The zero-order valence-electron chi connectivity index (χ0n) is 17.4. The van der Waals surface area contributed by atoms with E-state index in [9.17, 15) is 4.79 Å². The van der Waals surface area contributed by atoms with Crippen molar-refractivity contribution in [2.45, 2.75) is 13.0 Å². The van der Waals surface area contributed by atoms with Gasteiger partial charge < -0.3 is 20.5 Å². The van der Waals surface area contributed by atoms with Gasteiger partial charge in [-0.15, -0.1) is 11.3 Å². The van der Waals surface area contributed by atoms with Gasteiger partial charge in [0.15, 0.2) is 11.5 Å². The van der Waals surface area contributed by atoms with Gasteiger partial charge in [-0.2, -0.15) is 0 Å². The molecule has 4 rings (SSSR count). The van der Waals surface area contributed by atoms with E-state index >= 15 is 0 Å². The van der Waals surface area contributed by atoms with E-state index in [-0.39, 0.29) is 6.04 Å². The summed E-state index contributed by atoms with van der Waals surface area (Å²) in [6.07, 6.45) is 1.52. The van der Waals surface area contributed by atoms with Crippen molar-refractivity contribution in [2.24, 2.45) is 5.73 Å². The van der Waals surface area contributed by atoms with Crippen molar-refractivity contribution in [2.75, 3.05) is 19.5 Å². The van der Waals surface area contributed by atoms with Crippen LogP contribution in [0.1, 0.15) is 28.2 Å². The fraction of sp³-hybridized carbons (Fsp3) is 0.174. The second-order valence-corrected chi connectivity index (χ2v) is 8.04. The molecule has 1 atom stereocenters. The molecule has 1 amide bonds. The smallest absolute Gasteiger partial charge is 0.249 e. The number of fused-ring (bicyclic) bond motifs is 1. The van der Waals surface area contributed by atoms with Crippen molar-refractivity contribution in [3.63, 3.8) is 0 Å². The van der Waals surface area contributed by atoms with Crippen molar-refractivity contribution < 1.29 is 14.3 Å². The molecule has 31 heavy (non-hydrogen) atoms. The Bertz CT molecular complexity index is 1250. The summed E-state index contributed by atoms with van der Waals surface area (Å²) in [6, 6.07) is 15.1.